The maximum atomic E-state index is 8.14. The molecule has 0 amide bonds. The summed E-state index contributed by atoms with van der Waals surface area (Å²) in [4.78, 5) is 0. The van der Waals surface area contributed by atoms with E-state index in [4.69, 9.17) is 8.85 Å². The van der Waals surface area contributed by atoms with Crippen molar-refractivity contribution in [3.05, 3.63) is 144 Å². The lowest BCUT2D eigenvalue weighted by Crippen LogP contribution is -2.62. The number of benzene rings is 4. The van der Waals surface area contributed by atoms with E-state index in [9.17, 15) is 0 Å². The van der Waals surface area contributed by atoms with E-state index < -0.39 is 27.8 Å². The Morgan fingerprint density at radius 2 is 0.548 bits per heavy atom. The normalized spacial score (nSPS) is 12.8. The summed E-state index contributed by atoms with van der Waals surface area (Å²) in [6.07, 6.45) is 0. The van der Waals surface area contributed by atoms with E-state index in [-0.39, 0.29) is 0 Å². The molecule has 4 heteroatoms. The molecular formula is C38H50O2Si2. The summed E-state index contributed by atoms with van der Waals surface area (Å²) in [6.45, 7) is 14.0. The first-order valence-electron chi connectivity index (χ1n) is 16.1. The van der Waals surface area contributed by atoms with Crippen molar-refractivity contribution in [1.82, 2.24) is 0 Å². The zero-order valence-corrected chi connectivity index (χ0v) is 28.6. The van der Waals surface area contributed by atoms with Crippen molar-refractivity contribution in [2.45, 2.75) is 89.0 Å². The molecule has 0 unspecified atom stereocenters. The average molecular weight is 595 g/mol. The van der Waals surface area contributed by atoms with Crippen LogP contribution in [0.15, 0.2) is 121 Å². The summed E-state index contributed by atoms with van der Waals surface area (Å²) in [5, 5.41) is 0. The Balaban J connectivity index is 2.32. The Morgan fingerprint density at radius 3 is 0.714 bits per heavy atom. The zero-order valence-electron chi connectivity index (χ0n) is 26.6. The molecule has 0 aliphatic carbocycles. The second-order valence-electron chi connectivity index (χ2n) is 11.5. The van der Waals surface area contributed by atoms with Crippen LogP contribution < -0.4 is 0 Å². The summed E-state index contributed by atoms with van der Waals surface area (Å²) >= 11 is 0. The SMILES string of the molecule is CC[Si](CC)(CC)OC(c1ccccc1)(c1ccccc1)C(O[Si](CC)(CC)CC)(c1ccccc1)c1ccccc1. The Morgan fingerprint density at radius 1 is 0.357 bits per heavy atom. The first-order chi connectivity index (χ1) is 20.4. The smallest absolute Gasteiger partial charge is 0.193 e. The fourth-order valence-corrected chi connectivity index (χ4v) is 12.7. The Hall–Kier alpha value is -2.77. The maximum Gasteiger partial charge on any atom is 0.193 e. The zero-order chi connectivity index (χ0) is 30.1. The van der Waals surface area contributed by atoms with Crippen molar-refractivity contribution in [3.8, 4) is 0 Å². The van der Waals surface area contributed by atoms with E-state index in [1.54, 1.807) is 0 Å². The van der Waals surface area contributed by atoms with Gasteiger partial charge in [-0.2, -0.15) is 0 Å². The molecule has 0 bridgehead atoms. The highest BCUT2D eigenvalue weighted by molar-refractivity contribution is 6.74. The third kappa shape index (κ3) is 5.75. The maximum absolute atomic E-state index is 8.14. The van der Waals surface area contributed by atoms with E-state index in [1.807, 2.05) is 0 Å². The van der Waals surface area contributed by atoms with Crippen molar-refractivity contribution in [2.75, 3.05) is 0 Å². The van der Waals surface area contributed by atoms with Gasteiger partial charge in [0.2, 0.25) is 0 Å². The molecule has 0 N–H and O–H groups in total. The van der Waals surface area contributed by atoms with Crippen LogP contribution in [0.4, 0.5) is 0 Å². The molecule has 4 aromatic carbocycles. The second-order valence-corrected chi connectivity index (χ2v) is 20.9. The molecule has 2 nitrogen and oxygen atoms in total. The van der Waals surface area contributed by atoms with Gasteiger partial charge in [-0.1, -0.05) is 163 Å². The van der Waals surface area contributed by atoms with Gasteiger partial charge in [-0.05, 0) is 58.5 Å². The minimum atomic E-state index is -2.26. The monoisotopic (exact) mass is 594 g/mol. The molecule has 4 aromatic rings. The molecule has 222 valence electrons. The van der Waals surface area contributed by atoms with Gasteiger partial charge in [-0.25, -0.2) is 0 Å². The van der Waals surface area contributed by atoms with E-state index in [0.717, 1.165) is 58.5 Å². The molecule has 0 spiro atoms. The van der Waals surface area contributed by atoms with Crippen LogP contribution in [0.5, 0.6) is 0 Å². The van der Waals surface area contributed by atoms with Crippen LogP contribution in [0.3, 0.4) is 0 Å². The lowest BCUT2D eigenvalue weighted by Gasteiger charge is -2.57. The summed E-state index contributed by atoms with van der Waals surface area (Å²) < 4.78 is 16.3. The quantitative estimate of drug-likeness (QED) is 0.127. The Bertz CT molecular complexity index is 1130. The molecule has 0 fully saturated rings. The van der Waals surface area contributed by atoms with Crippen molar-refractivity contribution in [3.63, 3.8) is 0 Å². The van der Waals surface area contributed by atoms with E-state index >= 15 is 0 Å². The van der Waals surface area contributed by atoms with Crippen molar-refractivity contribution >= 4 is 16.6 Å². The highest BCUT2D eigenvalue weighted by atomic mass is 28.4. The van der Waals surface area contributed by atoms with Gasteiger partial charge in [0.1, 0.15) is 11.2 Å². The fourth-order valence-electron chi connectivity index (χ4n) is 6.80. The van der Waals surface area contributed by atoms with Crippen LogP contribution in [0.2, 0.25) is 36.3 Å². The molecule has 0 aliphatic heterocycles. The van der Waals surface area contributed by atoms with Gasteiger partial charge >= 0.3 is 0 Å². The Kier molecular flexibility index (Phi) is 10.8. The predicted molar refractivity (Wildman–Crippen MR) is 184 cm³/mol. The van der Waals surface area contributed by atoms with E-state index in [1.165, 1.54) is 0 Å². The average Bonchev–Trinajstić information content (AvgIpc) is 3.09. The minimum Gasteiger partial charge on any atom is -0.400 e. The van der Waals surface area contributed by atoms with Gasteiger partial charge in [0.05, 0.1) is 0 Å². The summed E-state index contributed by atoms with van der Waals surface area (Å²) in [5.41, 5.74) is 2.71. The van der Waals surface area contributed by atoms with E-state index in [2.05, 4.69) is 163 Å². The minimum absolute atomic E-state index is 0.926. The van der Waals surface area contributed by atoms with Crippen LogP contribution in [-0.4, -0.2) is 16.6 Å². The highest BCUT2D eigenvalue weighted by Crippen LogP contribution is 2.58. The lowest BCUT2D eigenvalue weighted by atomic mass is 9.66. The number of rotatable bonds is 15. The van der Waals surface area contributed by atoms with Crippen LogP contribution >= 0.6 is 0 Å². The molecule has 0 saturated carbocycles. The largest absolute Gasteiger partial charge is 0.400 e. The second kappa shape index (κ2) is 14.1. The summed E-state index contributed by atoms with van der Waals surface area (Å²) in [5.74, 6) is 0. The topological polar surface area (TPSA) is 18.5 Å². The first kappa shape index (κ1) is 32.2. The molecule has 0 saturated heterocycles. The molecule has 4 rings (SSSR count). The molecule has 0 aromatic heterocycles. The standard InChI is InChI=1S/C38H50O2Si2/c1-7-41(8-2,9-3)39-37(33-25-17-13-18-26-33,34-27-19-14-20-28-34)38(35-29-21-15-22-30-35,36-31-23-16-24-32-36)40-42(10-4,11-5)12-6/h13-32H,7-12H2,1-6H3. The number of hydrogen-bond donors (Lipinski definition) is 0. The van der Waals surface area contributed by atoms with Gasteiger partial charge in [0.15, 0.2) is 16.6 Å². The van der Waals surface area contributed by atoms with Crippen molar-refractivity contribution < 1.29 is 8.85 Å². The fraction of sp³-hybridized carbons (Fsp3) is 0.368. The lowest BCUT2D eigenvalue weighted by molar-refractivity contribution is -0.0916. The van der Waals surface area contributed by atoms with Crippen molar-refractivity contribution in [1.29, 1.82) is 0 Å². The molecule has 0 atom stereocenters. The van der Waals surface area contributed by atoms with Crippen LogP contribution in [0, 0.1) is 0 Å². The van der Waals surface area contributed by atoms with Crippen LogP contribution in [0.1, 0.15) is 63.8 Å². The summed E-state index contributed by atoms with van der Waals surface area (Å²) in [7, 11) is -4.53. The molecule has 0 aliphatic rings. The van der Waals surface area contributed by atoms with Crippen LogP contribution in [-0.2, 0) is 20.1 Å². The molecule has 0 heterocycles. The molecule has 42 heavy (non-hydrogen) atoms. The van der Waals surface area contributed by atoms with Gasteiger partial charge in [-0.15, -0.1) is 0 Å². The molecular weight excluding hydrogens is 545 g/mol. The van der Waals surface area contributed by atoms with Gasteiger partial charge < -0.3 is 8.85 Å². The highest BCUT2D eigenvalue weighted by Gasteiger charge is 2.62. The van der Waals surface area contributed by atoms with Gasteiger partial charge in [-0.3, -0.25) is 0 Å². The third-order valence-electron chi connectivity index (χ3n) is 9.82. The van der Waals surface area contributed by atoms with Gasteiger partial charge in [0, 0.05) is 0 Å². The Labute approximate surface area is 257 Å². The van der Waals surface area contributed by atoms with Crippen LogP contribution in [0.25, 0.3) is 0 Å². The summed E-state index contributed by atoms with van der Waals surface area (Å²) in [6, 6.07) is 50.1. The third-order valence-corrected chi connectivity index (χ3v) is 19.0. The van der Waals surface area contributed by atoms with Crippen molar-refractivity contribution in [2.24, 2.45) is 0 Å². The van der Waals surface area contributed by atoms with E-state index in [0.29, 0.717) is 0 Å². The number of hydrogen-bond acceptors (Lipinski definition) is 2. The van der Waals surface area contributed by atoms with Gasteiger partial charge in [0.25, 0.3) is 0 Å². The predicted octanol–water partition coefficient (Wildman–Crippen LogP) is 10.9. The first-order valence-corrected chi connectivity index (χ1v) is 21.1. The molecule has 0 radical (unpaired) electrons.